The normalized spacial score (nSPS) is 28.3. The van der Waals surface area contributed by atoms with Gasteiger partial charge in [-0.1, -0.05) is 6.92 Å². The number of carbonyl (C=O) groups excluding carboxylic acids is 1. The molecule has 0 saturated carbocycles. The summed E-state index contributed by atoms with van der Waals surface area (Å²) in [6.07, 6.45) is 2.04. The third-order valence-corrected chi connectivity index (χ3v) is 4.15. The molecule has 0 aromatic heterocycles. The highest BCUT2D eigenvalue weighted by atomic mass is 32.2. The molecule has 2 heterocycles. The molecule has 0 radical (unpaired) electrons. The van der Waals surface area contributed by atoms with Gasteiger partial charge in [-0.25, -0.2) is 4.79 Å². The van der Waals surface area contributed by atoms with Crippen LogP contribution in [0.4, 0.5) is 0 Å². The van der Waals surface area contributed by atoms with Gasteiger partial charge in [0.25, 0.3) is 0 Å². The Bertz CT molecular complexity index is 275. The third kappa shape index (κ3) is 1.37. The summed E-state index contributed by atoms with van der Waals surface area (Å²) >= 11 is 1.73. The third-order valence-electron chi connectivity index (χ3n) is 2.59. The van der Waals surface area contributed by atoms with Crippen LogP contribution in [0.3, 0.4) is 0 Å². The summed E-state index contributed by atoms with van der Waals surface area (Å²) in [7, 11) is 2.07. The minimum atomic E-state index is 0.176. The molecule has 1 fully saturated rings. The van der Waals surface area contributed by atoms with E-state index in [1.54, 1.807) is 11.8 Å². The van der Waals surface area contributed by atoms with Crippen LogP contribution in [0.15, 0.2) is 0 Å². The Morgan fingerprint density at radius 3 is 3.08 bits per heavy atom. The van der Waals surface area contributed by atoms with E-state index in [1.807, 2.05) is 4.90 Å². The van der Waals surface area contributed by atoms with Gasteiger partial charge < -0.3 is 0 Å². The van der Waals surface area contributed by atoms with Gasteiger partial charge in [-0.3, -0.25) is 4.58 Å². The largest absolute Gasteiger partial charge is 0.323 e. The van der Waals surface area contributed by atoms with E-state index < -0.39 is 0 Å². The van der Waals surface area contributed by atoms with Crippen molar-refractivity contribution < 1.29 is 9.37 Å². The lowest BCUT2D eigenvalue weighted by molar-refractivity contribution is -0.504. The highest BCUT2D eigenvalue weighted by Gasteiger charge is 2.45. The quantitative estimate of drug-likeness (QED) is 0.582. The van der Waals surface area contributed by atoms with Gasteiger partial charge in [0.05, 0.1) is 20.1 Å². The molecule has 0 aromatic carbocycles. The number of nitrogens with zero attached hydrogens (tertiary/aromatic N) is 2. The average Bonchev–Trinajstić information content (AvgIpc) is 2.45. The first-order chi connectivity index (χ1) is 6.24. The second kappa shape index (κ2) is 3.33. The fraction of sp³-hybridized carbons (Fsp3) is 0.778. The van der Waals surface area contributed by atoms with E-state index in [-0.39, 0.29) is 5.25 Å². The first kappa shape index (κ1) is 9.06. The van der Waals surface area contributed by atoms with Crippen LogP contribution in [0.5, 0.6) is 0 Å². The lowest BCUT2D eigenvalue weighted by Gasteiger charge is -2.16. The molecule has 0 aromatic rings. The lowest BCUT2D eigenvalue weighted by atomic mass is 10.2. The number of amides is 1. The predicted octanol–water partition coefficient (Wildman–Crippen LogP) is 0.742. The van der Waals surface area contributed by atoms with Gasteiger partial charge in [-0.2, -0.15) is 4.90 Å². The van der Waals surface area contributed by atoms with Crippen molar-refractivity contribution in [3.05, 3.63) is 0 Å². The van der Waals surface area contributed by atoms with Gasteiger partial charge in [-0.15, -0.1) is 0 Å². The molecule has 0 N–H and O–H groups in total. The monoisotopic (exact) mass is 199 g/mol. The summed E-state index contributed by atoms with van der Waals surface area (Å²) in [5.74, 6) is 0.314. The highest BCUT2D eigenvalue weighted by Crippen LogP contribution is 2.30. The maximum Gasteiger partial charge on any atom is 0.323 e. The number of thioether (sulfide) groups is 1. The van der Waals surface area contributed by atoms with Gasteiger partial charge in [0.2, 0.25) is 0 Å². The van der Waals surface area contributed by atoms with E-state index in [4.69, 9.17) is 0 Å². The second-order valence-electron chi connectivity index (χ2n) is 3.56. The van der Waals surface area contributed by atoms with E-state index in [9.17, 15) is 4.79 Å². The molecule has 1 atom stereocenters. The number of hydrogen-bond acceptors (Lipinski definition) is 2. The topological polar surface area (TPSA) is 23.3 Å². The van der Waals surface area contributed by atoms with E-state index in [0.717, 1.165) is 25.9 Å². The van der Waals surface area contributed by atoms with Crippen molar-refractivity contribution in [2.75, 3.05) is 20.1 Å². The summed E-state index contributed by atoms with van der Waals surface area (Å²) < 4.78 is 2.20. The maximum atomic E-state index is 11.8. The van der Waals surface area contributed by atoms with Crippen LogP contribution in [0, 0.1) is 0 Å². The highest BCUT2D eigenvalue weighted by molar-refractivity contribution is 8.15. The fourth-order valence-electron chi connectivity index (χ4n) is 1.83. The van der Waals surface area contributed by atoms with E-state index in [0.29, 0.717) is 5.91 Å². The lowest BCUT2D eigenvalue weighted by Crippen LogP contribution is -2.41. The summed E-state index contributed by atoms with van der Waals surface area (Å²) in [5.41, 5.74) is 0. The predicted molar refractivity (Wildman–Crippen MR) is 54.1 cm³/mol. The Labute approximate surface area is 82.8 Å². The van der Waals surface area contributed by atoms with Crippen molar-refractivity contribution in [1.82, 2.24) is 4.90 Å². The van der Waals surface area contributed by atoms with Crippen LogP contribution in [0.2, 0.25) is 0 Å². The second-order valence-corrected chi connectivity index (χ2v) is 4.73. The number of fused-ring (bicyclic) bond motifs is 1. The van der Waals surface area contributed by atoms with Crippen LogP contribution in [-0.2, 0) is 4.79 Å². The molecule has 2 aliphatic rings. The summed E-state index contributed by atoms with van der Waals surface area (Å²) in [6.45, 7) is 4.08. The first-order valence-electron chi connectivity index (χ1n) is 4.80. The summed E-state index contributed by atoms with van der Waals surface area (Å²) in [6, 6.07) is 0. The molecular formula is C9H15N2OS+. The van der Waals surface area contributed by atoms with Crippen molar-refractivity contribution in [2.45, 2.75) is 25.0 Å². The fourth-order valence-corrected chi connectivity index (χ4v) is 3.06. The zero-order chi connectivity index (χ0) is 9.42. The number of hydrogen-bond donors (Lipinski definition) is 0. The van der Waals surface area contributed by atoms with Crippen LogP contribution >= 0.6 is 11.8 Å². The molecule has 13 heavy (non-hydrogen) atoms. The zero-order valence-electron chi connectivity index (χ0n) is 8.12. The standard InChI is InChI=1S/C9H15N2OS/c1-3-7-8(12)11-6-4-5-10(2)9(11)13-7/h7H,3-6H2,1-2H3/q+1. The Hall–Kier alpha value is -0.510. The molecule has 0 spiro atoms. The van der Waals surface area contributed by atoms with Crippen LogP contribution in [-0.4, -0.2) is 45.9 Å². The van der Waals surface area contributed by atoms with E-state index in [1.165, 1.54) is 5.17 Å². The molecule has 1 saturated heterocycles. The molecule has 0 aliphatic carbocycles. The SMILES string of the molecule is CCC1SC2=[N+](C)CCCN2C1=O. The molecule has 1 amide bonds. The smallest absolute Gasteiger partial charge is 0.258 e. The molecule has 3 nitrogen and oxygen atoms in total. The Morgan fingerprint density at radius 2 is 2.46 bits per heavy atom. The van der Waals surface area contributed by atoms with Crippen LogP contribution in [0.1, 0.15) is 19.8 Å². The Kier molecular flexibility index (Phi) is 2.32. The summed E-state index contributed by atoms with van der Waals surface area (Å²) in [5, 5.41) is 1.35. The van der Waals surface area contributed by atoms with E-state index in [2.05, 4.69) is 18.5 Å². The van der Waals surface area contributed by atoms with Gasteiger partial charge in [0, 0.05) is 6.42 Å². The molecule has 2 rings (SSSR count). The number of carbonyl (C=O) groups is 1. The first-order valence-corrected chi connectivity index (χ1v) is 5.68. The molecule has 1 unspecified atom stereocenters. The van der Waals surface area contributed by atoms with Gasteiger partial charge in [0.15, 0.2) is 0 Å². The summed E-state index contributed by atoms with van der Waals surface area (Å²) in [4.78, 5) is 13.7. The maximum absolute atomic E-state index is 11.8. The van der Waals surface area contributed by atoms with Gasteiger partial charge in [0.1, 0.15) is 5.25 Å². The molecule has 0 bridgehead atoms. The van der Waals surface area contributed by atoms with Crippen LogP contribution in [0.25, 0.3) is 0 Å². The molecule has 2 aliphatic heterocycles. The van der Waals surface area contributed by atoms with Gasteiger partial charge >= 0.3 is 11.1 Å². The Morgan fingerprint density at radius 1 is 1.69 bits per heavy atom. The minimum Gasteiger partial charge on any atom is -0.258 e. The van der Waals surface area contributed by atoms with Crippen molar-refractivity contribution in [2.24, 2.45) is 0 Å². The van der Waals surface area contributed by atoms with Crippen molar-refractivity contribution in [3.63, 3.8) is 0 Å². The van der Waals surface area contributed by atoms with Crippen molar-refractivity contribution in [3.8, 4) is 0 Å². The van der Waals surface area contributed by atoms with Crippen molar-refractivity contribution in [1.29, 1.82) is 0 Å². The van der Waals surface area contributed by atoms with Crippen molar-refractivity contribution >= 4 is 22.8 Å². The van der Waals surface area contributed by atoms with Gasteiger partial charge in [-0.05, 0) is 18.2 Å². The number of amidine groups is 1. The van der Waals surface area contributed by atoms with Crippen LogP contribution < -0.4 is 0 Å². The minimum absolute atomic E-state index is 0.176. The molecule has 72 valence electrons. The Balaban J connectivity index is 2.29. The zero-order valence-corrected chi connectivity index (χ0v) is 8.93. The molecule has 4 heteroatoms. The number of rotatable bonds is 1. The van der Waals surface area contributed by atoms with E-state index >= 15 is 0 Å². The molecular weight excluding hydrogens is 184 g/mol. The average molecular weight is 199 g/mol.